The average Bonchev–Trinajstić information content (AvgIpc) is 3.27. The molecule has 0 atom stereocenters. The predicted octanol–water partition coefficient (Wildman–Crippen LogP) is -4.88. The summed E-state index contributed by atoms with van der Waals surface area (Å²) >= 11 is 0. The number of benzene rings is 8. The second-order valence-corrected chi connectivity index (χ2v) is 20.3. The zero-order chi connectivity index (χ0) is 49.1. The molecule has 8 aromatic carbocycles. The van der Waals surface area contributed by atoms with E-state index in [0.717, 1.165) is 33.4 Å². The Balaban J connectivity index is 0.00000281. The Bertz CT molecular complexity index is 3670. The van der Waals surface area contributed by atoms with Crippen LogP contribution in [0, 0.1) is 0 Å². The predicted molar refractivity (Wildman–Crippen MR) is 236 cm³/mol. The van der Waals surface area contributed by atoms with E-state index in [1.54, 1.807) is 24.3 Å². The quantitative estimate of drug-likeness (QED) is 0.0536. The molecule has 0 amide bonds. The van der Waals surface area contributed by atoms with Crippen LogP contribution in [0.25, 0.3) is 54.9 Å². The van der Waals surface area contributed by atoms with Crippen molar-refractivity contribution in [3.63, 3.8) is 0 Å². The SMILES string of the molecule is O=S(=O)(O)c1cc([O-])c2c([O-])c(N=Nc3ccc(-c4ccc(-c5ccc(-c6ccc(N=Nc7c(S(=O)(=O)O)cc8cc(S(=O)(=O)O)cc([O-])c8c7[O-])cc6)cc5)cc4)cc3)c(S(=O)(=O)O)cc2c1.[Na+].[Na+].[Na+].[Na+]. The molecule has 0 aliphatic heterocycles. The van der Waals surface area contributed by atoms with Gasteiger partial charge in [-0.2, -0.15) is 43.9 Å². The molecule has 0 radical (unpaired) electrons. The van der Waals surface area contributed by atoms with Crippen molar-refractivity contribution in [2.75, 3.05) is 0 Å². The normalized spacial score (nSPS) is 12.0. The minimum atomic E-state index is -5.14. The molecular formula is C44H26N4Na4O16S4. The molecule has 8 rings (SSSR count). The van der Waals surface area contributed by atoms with Crippen LogP contribution in [0.2, 0.25) is 0 Å². The molecule has 0 aliphatic carbocycles. The Morgan fingerprint density at radius 1 is 0.333 bits per heavy atom. The summed E-state index contributed by atoms with van der Waals surface area (Å²) < 4.78 is 133. The van der Waals surface area contributed by atoms with Crippen molar-refractivity contribution < 1.29 is 191 Å². The molecule has 0 saturated carbocycles. The van der Waals surface area contributed by atoms with Gasteiger partial charge in [-0.15, -0.1) is 21.7 Å². The number of rotatable bonds is 11. The zero-order valence-corrected chi connectivity index (χ0v) is 49.1. The largest absolute Gasteiger partial charge is 1.00 e. The first kappa shape index (κ1) is 60.9. The van der Waals surface area contributed by atoms with Crippen LogP contribution in [-0.4, -0.2) is 51.9 Å². The van der Waals surface area contributed by atoms with Gasteiger partial charge in [-0.05, 0) is 116 Å². The van der Waals surface area contributed by atoms with Crippen LogP contribution in [0.4, 0.5) is 22.7 Å². The van der Waals surface area contributed by atoms with Crippen molar-refractivity contribution in [2.45, 2.75) is 19.6 Å². The Labute approximate surface area is 498 Å². The molecule has 0 unspecified atom stereocenters. The molecule has 28 heteroatoms. The van der Waals surface area contributed by atoms with Crippen LogP contribution in [0.5, 0.6) is 23.0 Å². The van der Waals surface area contributed by atoms with Gasteiger partial charge in [-0.25, -0.2) is 0 Å². The monoisotopic (exact) mass is 1090 g/mol. The van der Waals surface area contributed by atoms with Crippen molar-refractivity contribution in [2.24, 2.45) is 20.5 Å². The van der Waals surface area contributed by atoms with Gasteiger partial charge in [-0.3, -0.25) is 18.2 Å². The number of nitrogens with zero attached hydrogens (tertiary/aromatic N) is 4. The fourth-order valence-electron chi connectivity index (χ4n) is 7.06. The van der Waals surface area contributed by atoms with Gasteiger partial charge in [0.05, 0.1) is 32.5 Å². The summed E-state index contributed by atoms with van der Waals surface area (Å²) in [6.45, 7) is 0. The second-order valence-electron chi connectivity index (χ2n) is 14.7. The average molecular weight is 1090 g/mol. The Morgan fingerprint density at radius 2 is 0.583 bits per heavy atom. The minimum Gasteiger partial charge on any atom is -0.872 e. The third kappa shape index (κ3) is 13.2. The van der Waals surface area contributed by atoms with Crippen LogP contribution in [0.1, 0.15) is 0 Å². The van der Waals surface area contributed by atoms with Gasteiger partial charge in [-0.1, -0.05) is 84.3 Å². The molecule has 346 valence electrons. The summed E-state index contributed by atoms with van der Waals surface area (Å²) in [7, 11) is -20.1. The molecule has 20 nitrogen and oxygen atoms in total. The second kappa shape index (κ2) is 23.5. The molecule has 4 N–H and O–H groups in total. The van der Waals surface area contributed by atoms with E-state index < -0.39 is 116 Å². The summed E-state index contributed by atoms with van der Waals surface area (Å²) in [4.78, 5) is -3.85. The summed E-state index contributed by atoms with van der Waals surface area (Å²) in [5.41, 5.74) is 3.35. The van der Waals surface area contributed by atoms with Crippen molar-refractivity contribution in [1.82, 2.24) is 0 Å². The van der Waals surface area contributed by atoms with E-state index in [-0.39, 0.29) is 130 Å². The first-order valence-corrected chi connectivity index (χ1v) is 24.8. The molecular weight excluding hydrogens is 1060 g/mol. The van der Waals surface area contributed by atoms with Crippen molar-refractivity contribution in [1.29, 1.82) is 0 Å². The summed E-state index contributed by atoms with van der Waals surface area (Å²) in [6.07, 6.45) is 0. The first-order chi connectivity index (χ1) is 31.9. The Morgan fingerprint density at radius 3 is 0.819 bits per heavy atom. The van der Waals surface area contributed by atoms with Crippen molar-refractivity contribution in [3.8, 4) is 56.4 Å². The molecule has 72 heavy (non-hydrogen) atoms. The molecule has 0 heterocycles. The summed E-state index contributed by atoms with van der Waals surface area (Å²) in [6, 6.07) is 31.5. The molecule has 0 spiro atoms. The maximum Gasteiger partial charge on any atom is 1.00 e. The van der Waals surface area contributed by atoms with Crippen molar-refractivity contribution in [3.05, 3.63) is 133 Å². The third-order valence-corrected chi connectivity index (χ3v) is 13.7. The van der Waals surface area contributed by atoms with Gasteiger partial charge in [0.1, 0.15) is 9.79 Å². The maximum atomic E-state index is 13.2. The van der Waals surface area contributed by atoms with E-state index in [4.69, 9.17) is 0 Å². The third-order valence-electron chi connectivity index (χ3n) is 10.3. The number of azo groups is 2. The van der Waals surface area contributed by atoms with Crippen LogP contribution < -0.4 is 139 Å². The summed E-state index contributed by atoms with van der Waals surface area (Å²) in [5, 5.41) is 64.8. The van der Waals surface area contributed by atoms with E-state index in [9.17, 15) is 72.3 Å². The van der Waals surface area contributed by atoms with Crippen LogP contribution in [-0.2, 0) is 40.5 Å². The smallest absolute Gasteiger partial charge is 0.872 e. The van der Waals surface area contributed by atoms with Crippen LogP contribution in [0.15, 0.2) is 173 Å². The summed E-state index contributed by atoms with van der Waals surface area (Å²) in [5.74, 6) is -4.78. The number of fused-ring (bicyclic) bond motifs is 2. The van der Waals surface area contributed by atoms with Gasteiger partial charge in [0.15, 0.2) is 0 Å². The Kier molecular flexibility index (Phi) is 19.8. The molecule has 0 aromatic heterocycles. The van der Waals surface area contributed by atoms with Crippen molar-refractivity contribution >= 4 is 84.8 Å². The van der Waals surface area contributed by atoms with Gasteiger partial charge < -0.3 is 20.4 Å². The van der Waals surface area contributed by atoms with E-state index >= 15 is 0 Å². The van der Waals surface area contributed by atoms with Gasteiger partial charge >= 0.3 is 118 Å². The van der Waals surface area contributed by atoms with E-state index in [1.165, 1.54) is 24.3 Å². The molecule has 0 fully saturated rings. The fourth-order valence-corrected chi connectivity index (χ4v) is 9.43. The van der Waals surface area contributed by atoms with E-state index in [0.29, 0.717) is 36.4 Å². The number of hydrogen-bond donors (Lipinski definition) is 4. The topological polar surface area (TPSA) is 359 Å². The molecule has 0 aliphatic rings. The van der Waals surface area contributed by atoms with Crippen LogP contribution >= 0.6 is 0 Å². The number of hydrogen-bond acceptors (Lipinski definition) is 16. The first-order valence-electron chi connectivity index (χ1n) is 19.0. The van der Waals surface area contributed by atoms with E-state index in [1.807, 2.05) is 48.5 Å². The van der Waals surface area contributed by atoms with E-state index in [2.05, 4.69) is 20.5 Å². The zero-order valence-electron chi connectivity index (χ0n) is 37.8. The Hall–Kier alpha value is -3.68. The molecule has 0 saturated heterocycles. The molecule has 8 aromatic rings. The molecule has 0 bridgehead atoms. The standard InChI is InChI=1S/C44H30N4O16S4.4Na/c49-35-21-33(65(53,54)55)17-29-19-37(67(59,60)61)41(43(51)39(29)35)47-45-31-13-9-27(10-14-31)25-5-1-23(2-6-25)24-3-7-26(8-4-24)28-11-15-32(16-12-28)46-48-42-38(68(62,63)64)20-30-18-34(66(56,57)58)22-36(50)40(30)44(42)52;;;;/h1-22,49-52H,(H,53,54,55)(H,56,57,58)(H,59,60,61)(H,62,63,64);;;;/q;4*+1/p-4. The van der Waals surface area contributed by atoms with Gasteiger partial charge in [0, 0.05) is 0 Å². The minimum absolute atomic E-state index is 0. The van der Waals surface area contributed by atoms with Gasteiger partial charge in [0.2, 0.25) is 0 Å². The fraction of sp³-hybridized carbons (Fsp3) is 0. The maximum absolute atomic E-state index is 13.2. The van der Waals surface area contributed by atoms with Gasteiger partial charge in [0.25, 0.3) is 40.5 Å². The van der Waals surface area contributed by atoms with Crippen LogP contribution in [0.3, 0.4) is 0 Å².